The number of aliphatic hydroxyl groups is 1. The second-order valence-electron chi connectivity index (χ2n) is 9.29. The number of halogens is 5. The maximum absolute atomic E-state index is 14.5. The first kappa shape index (κ1) is 27.9. The van der Waals surface area contributed by atoms with Gasteiger partial charge < -0.3 is 24.0 Å². The zero-order valence-corrected chi connectivity index (χ0v) is 22.9. The lowest BCUT2D eigenvalue weighted by Crippen LogP contribution is -2.42. The van der Waals surface area contributed by atoms with Crippen LogP contribution >= 0.6 is 23.2 Å². The SMILES string of the molecule is CCOCc1nnc(C2C(NS3(=O)(c4ccc(Cl)c(C(F)(F)F)c4)CC3O)=CC(Cl)=CN2C)n1C(C)C. The molecule has 0 aliphatic carbocycles. The van der Waals surface area contributed by atoms with Crippen molar-refractivity contribution in [1.82, 2.24) is 24.4 Å². The number of aromatic nitrogens is 3. The lowest BCUT2D eigenvalue weighted by Gasteiger charge is -2.37. The second-order valence-corrected chi connectivity index (χ2v) is 14.0. The minimum atomic E-state index is -4.77. The summed E-state index contributed by atoms with van der Waals surface area (Å²) >= 11 is 12.1. The normalized spacial score (nSPS) is 23.8. The van der Waals surface area contributed by atoms with Crippen LogP contribution in [0.5, 0.6) is 0 Å². The van der Waals surface area contributed by atoms with E-state index in [0.29, 0.717) is 24.0 Å². The molecule has 4 rings (SSSR count). The first-order valence-electron chi connectivity index (χ1n) is 11.5. The summed E-state index contributed by atoms with van der Waals surface area (Å²) in [6, 6.07) is 2.26. The lowest BCUT2D eigenvalue weighted by molar-refractivity contribution is -0.137. The highest BCUT2D eigenvalue weighted by Crippen LogP contribution is 2.54. The van der Waals surface area contributed by atoms with Crippen molar-refractivity contribution in [2.45, 2.75) is 56.0 Å². The largest absolute Gasteiger partial charge is 0.417 e. The molecule has 0 saturated carbocycles. The Hall–Kier alpha value is -2.12. The molecular formula is C23H28Cl2F3N5O3S. The van der Waals surface area contributed by atoms with Gasteiger partial charge in [-0.1, -0.05) is 23.2 Å². The summed E-state index contributed by atoms with van der Waals surface area (Å²) in [6.45, 7) is 6.47. The van der Waals surface area contributed by atoms with Gasteiger partial charge >= 0.3 is 6.18 Å². The van der Waals surface area contributed by atoms with Crippen LogP contribution in [0, 0.1) is 0 Å². The number of nitrogens with one attached hydrogen (secondary N) is 1. The van der Waals surface area contributed by atoms with Gasteiger partial charge in [0.2, 0.25) is 0 Å². The molecule has 3 heterocycles. The molecule has 0 bridgehead atoms. The highest BCUT2D eigenvalue weighted by Gasteiger charge is 2.63. The number of aliphatic hydroxyl groups excluding tert-OH is 1. The molecule has 2 N–H and O–H groups in total. The fourth-order valence-electron chi connectivity index (χ4n) is 4.46. The Morgan fingerprint density at radius 3 is 2.54 bits per heavy atom. The van der Waals surface area contributed by atoms with E-state index < -0.39 is 37.5 Å². The van der Waals surface area contributed by atoms with E-state index in [1.54, 1.807) is 18.1 Å². The standard InChI is InChI=1S/C23H28Cl2F3N5O3S/c1-5-36-11-19-29-30-22(33(19)13(2)3)21-18(8-14(24)10-32(21)4)31-37(35,12-20(37)34)15-6-7-17(25)16(9-15)23(26,27)28/h6-10,13,20-21,34H,5,11-12H2,1-4H3,(H,31,35). The zero-order chi connectivity index (χ0) is 27.4. The summed E-state index contributed by atoms with van der Waals surface area (Å²) in [6.07, 6.45) is -1.59. The summed E-state index contributed by atoms with van der Waals surface area (Å²) in [4.78, 5) is 1.55. The molecule has 37 heavy (non-hydrogen) atoms. The minimum Gasteiger partial charge on any atom is -0.379 e. The number of likely N-dealkylation sites (N-methyl/N-ethyl adjacent to an activating group) is 1. The Balaban J connectivity index is 1.81. The maximum Gasteiger partial charge on any atom is 0.417 e. The van der Waals surface area contributed by atoms with Gasteiger partial charge in [0.05, 0.1) is 27.1 Å². The van der Waals surface area contributed by atoms with Gasteiger partial charge in [0.15, 0.2) is 11.6 Å². The van der Waals surface area contributed by atoms with Crippen molar-refractivity contribution >= 4 is 32.5 Å². The van der Waals surface area contributed by atoms with E-state index in [-0.39, 0.29) is 28.3 Å². The van der Waals surface area contributed by atoms with Crippen LogP contribution < -0.4 is 4.72 Å². The molecule has 0 spiro atoms. The van der Waals surface area contributed by atoms with Crippen molar-refractivity contribution in [3.05, 3.63) is 63.4 Å². The van der Waals surface area contributed by atoms with E-state index in [1.807, 2.05) is 25.3 Å². The Labute approximate surface area is 222 Å². The van der Waals surface area contributed by atoms with Gasteiger partial charge in [0, 0.05) is 40.0 Å². The van der Waals surface area contributed by atoms with E-state index in [0.717, 1.165) is 12.1 Å². The van der Waals surface area contributed by atoms with E-state index in [1.165, 1.54) is 12.1 Å². The third-order valence-electron chi connectivity index (χ3n) is 6.35. The highest BCUT2D eigenvalue weighted by atomic mass is 35.5. The third kappa shape index (κ3) is 4.89. The van der Waals surface area contributed by atoms with Gasteiger partial charge in [-0.15, -0.1) is 10.2 Å². The third-order valence-corrected chi connectivity index (χ3v) is 10.7. The molecule has 0 radical (unpaired) electrons. The molecule has 2 unspecified atom stereocenters. The number of rotatable bonds is 8. The number of benzene rings is 1. The van der Waals surface area contributed by atoms with Crippen LogP contribution in [-0.2, 0) is 26.8 Å². The van der Waals surface area contributed by atoms with Crippen molar-refractivity contribution in [1.29, 1.82) is 0 Å². The smallest absolute Gasteiger partial charge is 0.379 e. The molecular weight excluding hydrogens is 554 g/mol. The van der Waals surface area contributed by atoms with Crippen molar-refractivity contribution in [3.8, 4) is 0 Å². The molecule has 2 aliphatic heterocycles. The molecule has 2 atom stereocenters. The predicted molar refractivity (Wildman–Crippen MR) is 135 cm³/mol. The molecule has 2 aliphatic rings. The van der Waals surface area contributed by atoms with E-state index >= 15 is 0 Å². The molecule has 2 aromatic rings. The highest BCUT2D eigenvalue weighted by molar-refractivity contribution is 8.24. The fraction of sp³-hybridized carbons (Fsp3) is 0.478. The summed E-state index contributed by atoms with van der Waals surface area (Å²) in [5.74, 6) is 0.800. The minimum absolute atomic E-state index is 0.0710. The molecule has 1 fully saturated rings. The van der Waals surface area contributed by atoms with Crippen molar-refractivity contribution < 1.29 is 27.2 Å². The average Bonchev–Trinajstić information content (AvgIpc) is 3.12. The number of hydrogen-bond acceptors (Lipinski definition) is 6. The lowest BCUT2D eigenvalue weighted by atomic mass is 10.1. The number of ether oxygens (including phenoxy) is 1. The van der Waals surface area contributed by atoms with Gasteiger partial charge in [-0.25, -0.2) is 0 Å². The monoisotopic (exact) mass is 581 g/mol. The second kappa shape index (κ2) is 9.57. The summed E-state index contributed by atoms with van der Waals surface area (Å²) < 4.78 is 65.6. The van der Waals surface area contributed by atoms with Gasteiger partial charge in [-0.3, -0.25) is 4.21 Å². The number of allylic oxidation sites excluding steroid dienone is 2. The Morgan fingerprint density at radius 2 is 1.97 bits per heavy atom. The molecule has 204 valence electrons. The molecule has 1 aromatic carbocycles. The van der Waals surface area contributed by atoms with Gasteiger partial charge in [-0.2, -0.15) is 13.2 Å². The zero-order valence-electron chi connectivity index (χ0n) is 20.6. The maximum atomic E-state index is 14.5. The Morgan fingerprint density at radius 1 is 1.30 bits per heavy atom. The predicted octanol–water partition coefficient (Wildman–Crippen LogP) is 4.73. The molecule has 8 nitrogen and oxygen atoms in total. The van der Waals surface area contributed by atoms with Crippen LogP contribution in [0.1, 0.15) is 50.1 Å². The Bertz CT molecular complexity index is 1340. The van der Waals surface area contributed by atoms with Crippen LogP contribution in [0.4, 0.5) is 13.2 Å². The van der Waals surface area contributed by atoms with E-state index in [2.05, 4.69) is 14.9 Å². The molecule has 0 amide bonds. The van der Waals surface area contributed by atoms with Gasteiger partial charge in [-0.05, 0) is 45.0 Å². The van der Waals surface area contributed by atoms with E-state index in [4.69, 9.17) is 27.9 Å². The quantitative estimate of drug-likeness (QED) is 0.438. The Kier molecular flexibility index (Phi) is 7.21. The topological polar surface area (TPSA) is 92.5 Å². The average molecular weight is 582 g/mol. The van der Waals surface area contributed by atoms with Crippen LogP contribution in [0.15, 0.2) is 46.1 Å². The van der Waals surface area contributed by atoms with Crippen molar-refractivity contribution in [3.63, 3.8) is 0 Å². The van der Waals surface area contributed by atoms with Gasteiger partial charge in [0.25, 0.3) is 0 Å². The molecule has 14 heteroatoms. The van der Waals surface area contributed by atoms with E-state index in [9.17, 15) is 22.5 Å². The fourth-order valence-corrected chi connectivity index (χ4v) is 8.29. The number of alkyl halides is 3. The van der Waals surface area contributed by atoms with Gasteiger partial charge in [0.1, 0.15) is 18.1 Å². The van der Waals surface area contributed by atoms with Crippen LogP contribution in [0.3, 0.4) is 0 Å². The van der Waals surface area contributed by atoms with Crippen LogP contribution in [0.2, 0.25) is 5.02 Å². The number of nitrogens with zero attached hydrogens (tertiary/aromatic N) is 4. The summed E-state index contributed by atoms with van der Waals surface area (Å²) in [5, 5.41) is 19.1. The van der Waals surface area contributed by atoms with Crippen molar-refractivity contribution in [2.75, 3.05) is 19.4 Å². The molecule has 1 aromatic heterocycles. The van der Waals surface area contributed by atoms with Crippen LogP contribution in [-0.4, -0.2) is 53.8 Å². The molecule has 1 saturated heterocycles. The van der Waals surface area contributed by atoms with Crippen molar-refractivity contribution in [2.24, 2.45) is 0 Å². The first-order valence-corrected chi connectivity index (χ1v) is 14.5. The van der Waals surface area contributed by atoms with Crippen LogP contribution in [0.25, 0.3) is 0 Å². The number of hydrogen-bond donors (Lipinski definition) is 2. The first-order chi connectivity index (χ1) is 17.2. The summed E-state index contributed by atoms with van der Waals surface area (Å²) in [7, 11) is -2.67. The summed E-state index contributed by atoms with van der Waals surface area (Å²) in [5.41, 5.74) is -2.25.